The van der Waals surface area contributed by atoms with E-state index in [1.54, 1.807) is 0 Å². The van der Waals surface area contributed by atoms with Crippen LogP contribution < -0.4 is 4.74 Å². The fraction of sp³-hybridized carbons (Fsp3) is 0.471. The highest BCUT2D eigenvalue weighted by atomic mass is 16.5. The summed E-state index contributed by atoms with van der Waals surface area (Å²) in [5.74, 6) is 1.20. The molecule has 0 saturated heterocycles. The second-order valence-corrected chi connectivity index (χ2v) is 5.07. The average molecular weight is 258 g/mol. The lowest BCUT2D eigenvalue weighted by atomic mass is 9.92. The van der Waals surface area contributed by atoms with Crippen LogP contribution in [-0.2, 0) is 4.79 Å². The first-order chi connectivity index (χ1) is 9.29. The predicted molar refractivity (Wildman–Crippen MR) is 78.3 cm³/mol. The number of unbranched alkanes of at least 4 members (excludes halogenated alkanes) is 1. The number of hydrogen-bond donors (Lipinski definition) is 0. The van der Waals surface area contributed by atoms with Gasteiger partial charge in [0.1, 0.15) is 5.75 Å². The first kappa shape index (κ1) is 13.9. The summed E-state index contributed by atoms with van der Waals surface area (Å²) in [5.41, 5.74) is 2.04. The van der Waals surface area contributed by atoms with Gasteiger partial charge in [0.25, 0.3) is 0 Å². The van der Waals surface area contributed by atoms with Gasteiger partial charge in [-0.1, -0.05) is 25.5 Å². The van der Waals surface area contributed by atoms with Gasteiger partial charge >= 0.3 is 0 Å². The molecule has 0 amide bonds. The van der Waals surface area contributed by atoms with Gasteiger partial charge in [-0.05, 0) is 55.0 Å². The molecule has 0 aliphatic heterocycles. The zero-order valence-electron chi connectivity index (χ0n) is 11.7. The summed E-state index contributed by atoms with van der Waals surface area (Å²) >= 11 is 0. The average Bonchev–Trinajstić information content (AvgIpc) is 2.42. The second-order valence-electron chi connectivity index (χ2n) is 5.07. The second kappa shape index (κ2) is 7.13. The molecule has 1 aromatic rings. The van der Waals surface area contributed by atoms with Crippen molar-refractivity contribution in [3.63, 3.8) is 0 Å². The lowest BCUT2D eigenvalue weighted by Gasteiger charge is -2.12. The molecular formula is C17H22O2. The predicted octanol–water partition coefficient (Wildman–Crippen LogP) is 4.39. The molecule has 0 bridgehead atoms. The van der Waals surface area contributed by atoms with Gasteiger partial charge in [0, 0.05) is 6.42 Å². The van der Waals surface area contributed by atoms with E-state index in [9.17, 15) is 4.79 Å². The summed E-state index contributed by atoms with van der Waals surface area (Å²) in [6, 6.07) is 8.01. The molecule has 19 heavy (non-hydrogen) atoms. The molecule has 0 atom stereocenters. The van der Waals surface area contributed by atoms with E-state index in [4.69, 9.17) is 4.74 Å². The lowest BCUT2D eigenvalue weighted by molar-refractivity contribution is -0.116. The standard InChI is InChI=1S/C17H22O2/c1-2-3-11-19-16-9-6-7-14(13-16)12-15-8-4-5-10-17(15)18/h6-7,9,12-13H,2-5,8,10-11H2,1H3. The number of hydrogen-bond acceptors (Lipinski definition) is 2. The highest BCUT2D eigenvalue weighted by Crippen LogP contribution is 2.23. The molecule has 0 heterocycles. The molecule has 2 nitrogen and oxygen atoms in total. The Bertz CT molecular complexity index is 460. The Morgan fingerprint density at radius 1 is 1.26 bits per heavy atom. The minimum Gasteiger partial charge on any atom is -0.494 e. The van der Waals surface area contributed by atoms with Gasteiger partial charge in [0.15, 0.2) is 5.78 Å². The molecule has 0 unspecified atom stereocenters. The summed E-state index contributed by atoms with van der Waals surface area (Å²) in [7, 11) is 0. The minimum absolute atomic E-state index is 0.309. The van der Waals surface area contributed by atoms with E-state index in [1.165, 1.54) is 0 Å². The highest BCUT2D eigenvalue weighted by Gasteiger charge is 2.14. The number of carbonyl (C=O) groups excluding carboxylic acids is 1. The van der Waals surface area contributed by atoms with Gasteiger partial charge in [-0.2, -0.15) is 0 Å². The van der Waals surface area contributed by atoms with E-state index >= 15 is 0 Å². The van der Waals surface area contributed by atoms with E-state index in [1.807, 2.05) is 30.3 Å². The van der Waals surface area contributed by atoms with Crippen LogP contribution in [0.4, 0.5) is 0 Å². The van der Waals surface area contributed by atoms with Crippen molar-refractivity contribution >= 4 is 11.9 Å². The Balaban J connectivity index is 2.05. The molecule has 0 N–H and O–H groups in total. The smallest absolute Gasteiger partial charge is 0.158 e. The largest absolute Gasteiger partial charge is 0.494 e. The van der Waals surface area contributed by atoms with Crippen molar-refractivity contribution in [3.05, 3.63) is 35.4 Å². The van der Waals surface area contributed by atoms with Crippen molar-refractivity contribution in [1.82, 2.24) is 0 Å². The van der Waals surface area contributed by atoms with Crippen LogP contribution in [0.5, 0.6) is 5.75 Å². The van der Waals surface area contributed by atoms with Gasteiger partial charge in [0.2, 0.25) is 0 Å². The van der Waals surface area contributed by atoms with E-state index in [2.05, 4.69) is 6.92 Å². The molecule has 0 spiro atoms. The number of allylic oxidation sites excluding steroid dienone is 1. The van der Waals surface area contributed by atoms with Gasteiger partial charge < -0.3 is 4.74 Å². The normalized spacial score (nSPS) is 17.7. The summed E-state index contributed by atoms with van der Waals surface area (Å²) in [4.78, 5) is 11.8. The molecule has 2 heteroatoms. The third-order valence-corrected chi connectivity index (χ3v) is 3.42. The van der Waals surface area contributed by atoms with Crippen LogP contribution in [0.15, 0.2) is 29.8 Å². The number of rotatable bonds is 5. The first-order valence-corrected chi connectivity index (χ1v) is 7.26. The van der Waals surface area contributed by atoms with Crippen molar-refractivity contribution in [2.24, 2.45) is 0 Å². The maximum absolute atomic E-state index is 11.8. The summed E-state index contributed by atoms with van der Waals surface area (Å²) in [5, 5.41) is 0. The maximum Gasteiger partial charge on any atom is 0.158 e. The van der Waals surface area contributed by atoms with Crippen LogP contribution in [0.2, 0.25) is 0 Å². The van der Waals surface area contributed by atoms with Crippen molar-refractivity contribution in [2.45, 2.75) is 45.4 Å². The molecular weight excluding hydrogens is 236 g/mol. The zero-order chi connectivity index (χ0) is 13.5. The van der Waals surface area contributed by atoms with E-state index < -0.39 is 0 Å². The molecule has 102 valence electrons. The molecule has 1 saturated carbocycles. The Morgan fingerprint density at radius 2 is 2.11 bits per heavy atom. The summed E-state index contributed by atoms with van der Waals surface area (Å²) in [6.45, 7) is 2.91. The first-order valence-electron chi connectivity index (χ1n) is 7.26. The monoisotopic (exact) mass is 258 g/mol. The van der Waals surface area contributed by atoms with Crippen LogP contribution in [0, 0.1) is 0 Å². The Hall–Kier alpha value is -1.57. The Kier molecular flexibility index (Phi) is 5.20. The zero-order valence-corrected chi connectivity index (χ0v) is 11.7. The van der Waals surface area contributed by atoms with Gasteiger partial charge in [-0.25, -0.2) is 0 Å². The maximum atomic E-state index is 11.8. The highest BCUT2D eigenvalue weighted by molar-refractivity contribution is 6.00. The molecule has 1 fully saturated rings. The molecule has 2 rings (SSSR count). The number of carbonyl (C=O) groups is 1. The summed E-state index contributed by atoms with van der Waals surface area (Å²) < 4.78 is 5.69. The lowest BCUT2D eigenvalue weighted by Crippen LogP contribution is -2.07. The fourth-order valence-electron chi connectivity index (χ4n) is 2.28. The topological polar surface area (TPSA) is 26.3 Å². The number of benzene rings is 1. The quantitative estimate of drug-likeness (QED) is 0.578. The van der Waals surface area contributed by atoms with Crippen molar-refractivity contribution in [3.8, 4) is 5.75 Å². The minimum atomic E-state index is 0.309. The van der Waals surface area contributed by atoms with Gasteiger partial charge in [-0.3, -0.25) is 4.79 Å². The Labute approximate surface area is 115 Å². The number of ketones is 1. The van der Waals surface area contributed by atoms with Crippen LogP contribution in [0.3, 0.4) is 0 Å². The molecule has 1 aliphatic rings. The van der Waals surface area contributed by atoms with Crippen molar-refractivity contribution < 1.29 is 9.53 Å². The van der Waals surface area contributed by atoms with Crippen LogP contribution in [0.25, 0.3) is 6.08 Å². The third kappa shape index (κ3) is 4.23. The van der Waals surface area contributed by atoms with Crippen LogP contribution in [-0.4, -0.2) is 12.4 Å². The molecule has 0 radical (unpaired) electrons. The van der Waals surface area contributed by atoms with Gasteiger partial charge in [-0.15, -0.1) is 0 Å². The van der Waals surface area contributed by atoms with E-state index in [0.717, 1.165) is 55.6 Å². The molecule has 1 aliphatic carbocycles. The SMILES string of the molecule is CCCCOc1cccc(C=C2CCCCC2=O)c1. The molecule has 0 aromatic heterocycles. The van der Waals surface area contributed by atoms with Crippen LogP contribution >= 0.6 is 0 Å². The van der Waals surface area contributed by atoms with Gasteiger partial charge in [0.05, 0.1) is 6.61 Å². The molecule has 1 aromatic carbocycles. The van der Waals surface area contributed by atoms with E-state index in [0.29, 0.717) is 12.2 Å². The van der Waals surface area contributed by atoms with E-state index in [-0.39, 0.29) is 0 Å². The van der Waals surface area contributed by atoms with Crippen molar-refractivity contribution in [1.29, 1.82) is 0 Å². The summed E-state index contributed by atoms with van der Waals surface area (Å²) in [6.07, 6.45) is 8.02. The van der Waals surface area contributed by atoms with Crippen molar-refractivity contribution in [2.75, 3.05) is 6.61 Å². The fourth-order valence-corrected chi connectivity index (χ4v) is 2.28. The Morgan fingerprint density at radius 3 is 2.89 bits per heavy atom. The number of Topliss-reactive ketones (excluding diaryl/α,β-unsaturated/α-hetero) is 1. The number of ether oxygens (including phenoxy) is 1. The van der Waals surface area contributed by atoms with Crippen LogP contribution in [0.1, 0.15) is 51.0 Å². The third-order valence-electron chi connectivity index (χ3n) is 3.42.